The number of rotatable bonds is 5. The maximum Gasteiger partial charge on any atom is 0.128 e. The van der Waals surface area contributed by atoms with Gasteiger partial charge in [0.1, 0.15) is 5.82 Å². The smallest absolute Gasteiger partial charge is 0.128 e. The van der Waals surface area contributed by atoms with Crippen LogP contribution in [0.15, 0.2) is 12.1 Å². The van der Waals surface area contributed by atoms with E-state index in [1.165, 1.54) is 32.1 Å². The van der Waals surface area contributed by atoms with E-state index in [0.717, 1.165) is 29.2 Å². The Bertz CT molecular complexity index is 438. The van der Waals surface area contributed by atoms with Crippen LogP contribution < -0.4 is 5.32 Å². The summed E-state index contributed by atoms with van der Waals surface area (Å²) in [6, 6.07) is 3.97. The summed E-state index contributed by atoms with van der Waals surface area (Å²) in [7, 11) is 0. The van der Waals surface area contributed by atoms with E-state index in [1.807, 2.05) is 13.8 Å². The van der Waals surface area contributed by atoms with Crippen molar-refractivity contribution in [2.24, 2.45) is 11.8 Å². The van der Waals surface area contributed by atoms with Gasteiger partial charge in [0.15, 0.2) is 0 Å². The van der Waals surface area contributed by atoms with Gasteiger partial charge < -0.3 is 5.32 Å². The molecule has 0 aromatic heterocycles. The van der Waals surface area contributed by atoms with Crippen molar-refractivity contribution in [2.45, 2.75) is 65.8 Å². The Hall–Kier alpha value is -0.890. The van der Waals surface area contributed by atoms with E-state index in [0.29, 0.717) is 5.92 Å². The molecule has 0 amide bonds. The van der Waals surface area contributed by atoms with E-state index in [1.54, 1.807) is 6.07 Å². The Morgan fingerprint density at radius 3 is 2.33 bits per heavy atom. The lowest BCUT2D eigenvalue weighted by Crippen LogP contribution is -2.32. The second kappa shape index (κ2) is 7.40. The van der Waals surface area contributed by atoms with Crippen LogP contribution >= 0.6 is 0 Å². The average Bonchev–Trinajstić information content (AvgIpc) is 2.45. The minimum Gasteiger partial charge on any atom is -0.310 e. The summed E-state index contributed by atoms with van der Waals surface area (Å²) in [5.41, 5.74) is 3.01. The topological polar surface area (TPSA) is 12.0 Å². The van der Waals surface area contributed by atoms with Gasteiger partial charge >= 0.3 is 0 Å². The van der Waals surface area contributed by atoms with Crippen molar-refractivity contribution in [2.75, 3.05) is 6.54 Å². The first-order valence-electron chi connectivity index (χ1n) is 8.56. The highest BCUT2D eigenvalue weighted by Crippen LogP contribution is 2.39. The molecule has 0 spiro atoms. The van der Waals surface area contributed by atoms with Crippen LogP contribution in [0.2, 0.25) is 0 Å². The van der Waals surface area contributed by atoms with Gasteiger partial charge in [0.05, 0.1) is 0 Å². The highest BCUT2D eigenvalue weighted by Gasteiger charge is 2.30. The fourth-order valence-corrected chi connectivity index (χ4v) is 3.97. The first-order valence-corrected chi connectivity index (χ1v) is 8.56. The van der Waals surface area contributed by atoms with Crippen molar-refractivity contribution in [1.29, 1.82) is 0 Å². The summed E-state index contributed by atoms with van der Waals surface area (Å²) in [5.74, 6) is 1.42. The first-order chi connectivity index (χ1) is 10.1. The van der Waals surface area contributed by atoms with Crippen LogP contribution in [0.25, 0.3) is 0 Å². The fourth-order valence-electron chi connectivity index (χ4n) is 3.97. The number of hydrogen-bond donors (Lipinski definition) is 1. The molecule has 2 rings (SSSR count). The predicted octanol–water partition coefficient (Wildman–Crippen LogP) is 5.31. The molecule has 0 radical (unpaired) electrons. The second-order valence-electron chi connectivity index (χ2n) is 6.70. The second-order valence-corrected chi connectivity index (χ2v) is 6.70. The van der Waals surface area contributed by atoms with Crippen LogP contribution in [0.5, 0.6) is 0 Å². The van der Waals surface area contributed by atoms with Gasteiger partial charge in [-0.3, -0.25) is 0 Å². The molecule has 2 heteroatoms. The van der Waals surface area contributed by atoms with Crippen molar-refractivity contribution >= 4 is 0 Å². The molecule has 1 aromatic carbocycles. The molecule has 1 unspecified atom stereocenters. The van der Waals surface area contributed by atoms with E-state index in [-0.39, 0.29) is 11.9 Å². The van der Waals surface area contributed by atoms with Crippen LogP contribution in [0.3, 0.4) is 0 Å². The molecule has 1 atom stereocenters. The summed E-state index contributed by atoms with van der Waals surface area (Å²) in [5, 5.41) is 3.56. The molecule has 0 saturated heterocycles. The Balaban J connectivity index is 2.23. The number of aryl methyl sites for hydroxylation is 2. The molecule has 1 N–H and O–H groups in total. The van der Waals surface area contributed by atoms with E-state index in [9.17, 15) is 4.39 Å². The van der Waals surface area contributed by atoms with Crippen molar-refractivity contribution in [3.8, 4) is 0 Å². The van der Waals surface area contributed by atoms with E-state index < -0.39 is 0 Å². The fraction of sp³-hybridized carbons (Fsp3) is 0.684. The van der Waals surface area contributed by atoms with Crippen LogP contribution in [0.1, 0.15) is 68.7 Å². The Kier molecular flexibility index (Phi) is 5.80. The molecule has 1 aliphatic carbocycles. The average molecular weight is 291 g/mol. The van der Waals surface area contributed by atoms with Gasteiger partial charge in [-0.2, -0.15) is 0 Å². The standard InChI is InChI=1S/C19H30FN/c1-5-15-7-9-16(10-8-15)19(21-6-2)18-14(4)11-13(3)12-17(18)20/h11-12,15-16,19,21H,5-10H2,1-4H3. The van der Waals surface area contributed by atoms with Gasteiger partial charge in [-0.15, -0.1) is 0 Å². The Labute approximate surface area is 129 Å². The molecule has 1 fully saturated rings. The molecular weight excluding hydrogens is 261 g/mol. The monoisotopic (exact) mass is 291 g/mol. The number of benzene rings is 1. The highest BCUT2D eigenvalue weighted by molar-refractivity contribution is 5.35. The molecular formula is C19H30FN. The lowest BCUT2D eigenvalue weighted by atomic mass is 9.75. The summed E-state index contributed by atoms with van der Waals surface area (Å²) in [6.45, 7) is 9.32. The summed E-state index contributed by atoms with van der Waals surface area (Å²) >= 11 is 0. The molecule has 1 saturated carbocycles. The van der Waals surface area contributed by atoms with E-state index in [2.05, 4.69) is 25.2 Å². The van der Waals surface area contributed by atoms with Crippen molar-refractivity contribution in [1.82, 2.24) is 5.32 Å². The largest absolute Gasteiger partial charge is 0.310 e. The zero-order valence-electron chi connectivity index (χ0n) is 14.0. The number of nitrogens with one attached hydrogen (secondary N) is 1. The summed E-state index contributed by atoms with van der Waals surface area (Å²) in [4.78, 5) is 0. The van der Waals surface area contributed by atoms with Crippen molar-refractivity contribution < 1.29 is 4.39 Å². The molecule has 0 bridgehead atoms. The third-order valence-electron chi connectivity index (χ3n) is 5.16. The first kappa shape index (κ1) is 16.5. The molecule has 0 aliphatic heterocycles. The van der Waals surface area contributed by atoms with Gasteiger partial charge in [-0.05, 0) is 62.3 Å². The quantitative estimate of drug-likeness (QED) is 0.775. The zero-order chi connectivity index (χ0) is 15.4. The molecule has 1 nitrogen and oxygen atoms in total. The van der Waals surface area contributed by atoms with Crippen molar-refractivity contribution in [3.63, 3.8) is 0 Å². The SMILES string of the molecule is CCNC(c1c(C)cc(C)cc1F)C1CCC(CC)CC1. The lowest BCUT2D eigenvalue weighted by molar-refractivity contribution is 0.217. The van der Waals surface area contributed by atoms with Gasteiger partial charge in [0.25, 0.3) is 0 Å². The molecule has 0 heterocycles. The number of hydrogen-bond acceptors (Lipinski definition) is 1. The van der Waals surface area contributed by atoms with E-state index >= 15 is 0 Å². The van der Waals surface area contributed by atoms with Gasteiger partial charge in [-0.25, -0.2) is 4.39 Å². The van der Waals surface area contributed by atoms with Gasteiger partial charge in [0.2, 0.25) is 0 Å². The minimum absolute atomic E-state index is 0.0314. The van der Waals surface area contributed by atoms with Gasteiger partial charge in [0, 0.05) is 11.6 Å². The maximum atomic E-state index is 14.5. The third-order valence-corrected chi connectivity index (χ3v) is 5.16. The van der Waals surface area contributed by atoms with Crippen LogP contribution in [-0.4, -0.2) is 6.54 Å². The highest BCUT2D eigenvalue weighted by atomic mass is 19.1. The molecule has 1 aliphatic rings. The number of halogens is 1. The minimum atomic E-state index is -0.0314. The normalized spacial score (nSPS) is 24.0. The van der Waals surface area contributed by atoms with Gasteiger partial charge in [-0.1, -0.05) is 39.2 Å². The van der Waals surface area contributed by atoms with Crippen LogP contribution in [-0.2, 0) is 0 Å². The summed E-state index contributed by atoms with van der Waals surface area (Å²) < 4.78 is 14.5. The zero-order valence-corrected chi connectivity index (χ0v) is 14.0. The predicted molar refractivity (Wildman–Crippen MR) is 88.0 cm³/mol. The lowest BCUT2D eigenvalue weighted by Gasteiger charge is -2.35. The Morgan fingerprint density at radius 1 is 1.14 bits per heavy atom. The third kappa shape index (κ3) is 3.85. The maximum absolute atomic E-state index is 14.5. The van der Waals surface area contributed by atoms with Crippen LogP contribution in [0.4, 0.5) is 4.39 Å². The molecule has 118 valence electrons. The van der Waals surface area contributed by atoms with E-state index in [4.69, 9.17) is 0 Å². The Morgan fingerprint density at radius 2 is 1.81 bits per heavy atom. The molecule has 21 heavy (non-hydrogen) atoms. The van der Waals surface area contributed by atoms with Crippen LogP contribution in [0, 0.1) is 31.5 Å². The summed E-state index contributed by atoms with van der Waals surface area (Å²) in [6.07, 6.45) is 6.34. The molecule has 1 aromatic rings. The van der Waals surface area contributed by atoms with Crippen molar-refractivity contribution in [3.05, 3.63) is 34.6 Å².